The number of halogens is 2. The Morgan fingerprint density at radius 3 is 2.72 bits per heavy atom. The average Bonchev–Trinajstić information content (AvgIpc) is 3.08. The summed E-state index contributed by atoms with van der Waals surface area (Å²) in [4.78, 5) is 31.2. The van der Waals surface area contributed by atoms with E-state index in [1.807, 2.05) is 0 Å². The van der Waals surface area contributed by atoms with Crippen molar-refractivity contribution in [2.24, 2.45) is 0 Å². The number of pyridine rings is 2. The first-order valence-electron chi connectivity index (χ1n) is 8.69. The van der Waals surface area contributed by atoms with Crippen molar-refractivity contribution < 1.29 is 14.3 Å². The minimum Gasteiger partial charge on any atom is -0.493 e. The second kappa shape index (κ2) is 7.42. The molecule has 0 radical (unpaired) electrons. The molecule has 3 heterocycles. The van der Waals surface area contributed by atoms with Crippen molar-refractivity contribution in [3.05, 3.63) is 62.8 Å². The summed E-state index contributed by atoms with van der Waals surface area (Å²) in [5.41, 5.74) is 1.50. The Morgan fingerprint density at radius 2 is 2.00 bits per heavy atom. The van der Waals surface area contributed by atoms with Crippen molar-refractivity contribution in [3.8, 4) is 17.0 Å². The smallest absolute Gasteiger partial charge is 0.360 e. The second-order valence-corrected chi connectivity index (χ2v) is 6.91. The Bertz CT molecular complexity index is 1330. The molecule has 0 aliphatic heterocycles. The fraction of sp³-hybridized carbons (Fsp3) is 0.150. The van der Waals surface area contributed by atoms with Crippen LogP contribution < -0.4 is 10.3 Å². The molecule has 7 nitrogen and oxygen atoms in total. The third kappa shape index (κ3) is 3.12. The predicted octanol–water partition coefficient (Wildman–Crippen LogP) is 4.33. The molecule has 3 aromatic heterocycles. The number of nitrogens with one attached hydrogen (secondary N) is 1. The second-order valence-electron chi connectivity index (χ2n) is 6.14. The summed E-state index contributed by atoms with van der Waals surface area (Å²) >= 11 is 12.8. The molecular weight excluding hydrogens is 417 g/mol. The molecule has 0 atom stereocenters. The van der Waals surface area contributed by atoms with E-state index in [0.29, 0.717) is 32.9 Å². The van der Waals surface area contributed by atoms with E-state index >= 15 is 0 Å². The Morgan fingerprint density at radius 1 is 1.21 bits per heavy atom. The first-order valence-corrected chi connectivity index (χ1v) is 9.45. The molecule has 4 aromatic rings. The number of ether oxygens (including phenoxy) is 2. The molecule has 0 saturated heterocycles. The molecule has 4 rings (SSSR count). The molecule has 0 saturated carbocycles. The first kappa shape index (κ1) is 19.3. The summed E-state index contributed by atoms with van der Waals surface area (Å²) in [5, 5.41) is 1.58. The van der Waals surface area contributed by atoms with Gasteiger partial charge in [-0.1, -0.05) is 29.3 Å². The number of carbonyl (C=O) groups excluding carboxylic acids is 1. The lowest BCUT2D eigenvalue weighted by Gasteiger charge is -2.11. The highest BCUT2D eigenvalue weighted by molar-refractivity contribution is 6.35. The highest BCUT2D eigenvalue weighted by atomic mass is 35.5. The molecule has 0 amide bonds. The van der Waals surface area contributed by atoms with Crippen LogP contribution in [0.25, 0.3) is 27.7 Å². The molecule has 0 bridgehead atoms. The van der Waals surface area contributed by atoms with Gasteiger partial charge in [-0.2, -0.15) is 0 Å². The van der Waals surface area contributed by atoms with Gasteiger partial charge >= 0.3 is 5.97 Å². The minimum absolute atomic E-state index is 0.00506. The number of fused-ring (bicyclic) bond motifs is 2. The van der Waals surface area contributed by atoms with Crippen molar-refractivity contribution in [1.82, 2.24) is 14.4 Å². The maximum Gasteiger partial charge on any atom is 0.360 e. The van der Waals surface area contributed by atoms with E-state index in [-0.39, 0.29) is 23.0 Å². The molecular formula is C20H15Cl2N3O4. The molecule has 0 fully saturated rings. The van der Waals surface area contributed by atoms with Gasteiger partial charge in [-0.3, -0.25) is 9.20 Å². The van der Waals surface area contributed by atoms with Crippen LogP contribution in [0.5, 0.6) is 5.75 Å². The van der Waals surface area contributed by atoms with Gasteiger partial charge in [0.1, 0.15) is 5.15 Å². The number of imidazole rings is 1. The van der Waals surface area contributed by atoms with Crippen molar-refractivity contribution >= 4 is 45.6 Å². The number of aromatic amines is 1. The fourth-order valence-corrected chi connectivity index (χ4v) is 3.69. The number of nitrogens with zero attached hydrogens (tertiary/aromatic N) is 2. The van der Waals surface area contributed by atoms with Crippen molar-refractivity contribution in [3.63, 3.8) is 0 Å². The van der Waals surface area contributed by atoms with Crippen LogP contribution in [-0.2, 0) is 4.74 Å². The molecule has 0 aliphatic rings. The Labute approximate surface area is 174 Å². The molecule has 1 aromatic carbocycles. The van der Waals surface area contributed by atoms with Crippen LogP contribution in [0.2, 0.25) is 10.2 Å². The van der Waals surface area contributed by atoms with E-state index in [2.05, 4.69) is 9.97 Å². The zero-order valence-corrected chi connectivity index (χ0v) is 17.0. The molecule has 1 N–H and O–H groups in total. The number of carbonyl (C=O) groups is 1. The number of H-pyrrole nitrogens is 1. The predicted molar refractivity (Wildman–Crippen MR) is 111 cm³/mol. The molecule has 0 unspecified atom stereocenters. The average molecular weight is 432 g/mol. The number of hydrogen-bond acceptors (Lipinski definition) is 5. The number of methoxy groups -OCH3 is 1. The van der Waals surface area contributed by atoms with Crippen LogP contribution in [0.4, 0.5) is 0 Å². The van der Waals surface area contributed by atoms with E-state index in [1.165, 1.54) is 13.3 Å². The van der Waals surface area contributed by atoms with Crippen LogP contribution in [0.15, 0.2) is 41.3 Å². The minimum atomic E-state index is -0.623. The normalized spacial score (nSPS) is 11.2. The van der Waals surface area contributed by atoms with Crippen molar-refractivity contribution in [2.75, 3.05) is 13.7 Å². The van der Waals surface area contributed by atoms with E-state index in [0.717, 1.165) is 5.56 Å². The fourth-order valence-electron chi connectivity index (χ4n) is 3.19. The van der Waals surface area contributed by atoms with Gasteiger partial charge in [0, 0.05) is 17.0 Å². The number of hydrogen-bond donors (Lipinski definition) is 1. The van der Waals surface area contributed by atoms with Crippen LogP contribution in [-0.4, -0.2) is 34.1 Å². The van der Waals surface area contributed by atoms with E-state index in [4.69, 9.17) is 32.7 Å². The topological polar surface area (TPSA) is 85.7 Å². The highest BCUT2D eigenvalue weighted by Crippen LogP contribution is 2.34. The third-order valence-electron chi connectivity index (χ3n) is 4.51. The quantitative estimate of drug-likeness (QED) is 0.485. The zero-order valence-electron chi connectivity index (χ0n) is 15.5. The summed E-state index contributed by atoms with van der Waals surface area (Å²) in [7, 11) is 1.50. The standard InChI is InChI=1S/C20H15Cl2N3O4/c1-3-29-20(27)16-17(22)25-14(6-7-15(28-2)18(25)24-16)10-4-5-11-12(8-10)13(21)9-23-19(11)26/h4-9H,3H2,1-2H3,(H,23,26). The van der Waals surface area contributed by atoms with Crippen molar-refractivity contribution in [2.45, 2.75) is 6.92 Å². The number of rotatable bonds is 4. The van der Waals surface area contributed by atoms with Gasteiger partial charge in [0.15, 0.2) is 17.1 Å². The van der Waals surface area contributed by atoms with Gasteiger partial charge in [-0.25, -0.2) is 9.78 Å². The lowest BCUT2D eigenvalue weighted by atomic mass is 10.1. The number of esters is 1. The monoisotopic (exact) mass is 431 g/mol. The van der Waals surface area contributed by atoms with E-state index in [9.17, 15) is 9.59 Å². The Balaban J connectivity index is 2.02. The highest BCUT2D eigenvalue weighted by Gasteiger charge is 2.23. The SMILES string of the molecule is CCOC(=O)c1nc2c(OC)ccc(-c3ccc4c(=O)[nH]cc(Cl)c4c3)n2c1Cl. The molecule has 148 valence electrons. The largest absolute Gasteiger partial charge is 0.493 e. The van der Waals surface area contributed by atoms with Gasteiger partial charge in [-0.05, 0) is 36.8 Å². The van der Waals surface area contributed by atoms with Gasteiger partial charge in [-0.15, -0.1) is 0 Å². The maximum atomic E-state index is 12.3. The Hall–Kier alpha value is -3.03. The summed E-state index contributed by atoms with van der Waals surface area (Å²) in [5.74, 6) is -0.177. The summed E-state index contributed by atoms with van der Waals surface area (Å²) in [6.45, 7) is 1.90. The Kier molecular flexibility index (Phi) is 4.94. The van der Waals surface area contributed by atoms with Gasteiger partial charge in [0.05, 0.1) is 24.4 Å². The summed E-state index contributed by atoms with van der Waals surface area (Å²) in [6, 6.07) is 8.76. The molecule has 0 spiro atoms. The lowest BCUT2D eigenvalue weighted by Crippen LogP contribution is -2.06. The van der Waals surface area contributed by atoms with Crippen LogP contribution in [0.1, 0.15) is 17.4 Å². The van der Waals surface area contributed by atoms with E-state index < -0.39 is 5.97 Å². The summed E-state index contributed by atoms with van der Waals surface area (Å²) in [6.07, 6.45) is 1.45. The molecule has 29 heavy (non-hydrogen) atoms. The van der Waals surface area contributed by atoms with E-state index in [1.54, 1.807) is 41.7 Å². The third-order valence-corrected chi connectivity index (χ3v) is 5.17. The first-order chi connectivity index (χ1) is 14.0. The maximum absolute atomic E-state index is 12.3. The van der Waals surface area contributed by atoms with Gasteiger partial charge < -0.3 is 14.5 Å². The van der Waals surface area contributed by atoms with Gasteiger partial charge in [0.2, 0.25) is 0 Å². The van der Waals surface area contributed by atoms with Crippen LogP contribution in [0.3, 0.4) is 0 Å². The van der Waals surface area contributed by atoms with Crippen LogP contribution >= 0.6 is 23.2 Å². The number of benzene rings is 1. The van der Waals surface area contributed by atoms with Crippen LogP contribution in [0, 0.1) is 0 Å². The lowest BCUT2D eigenvalue weighted by molar-refractivity contribution is 0.0520. The zero-order chi connectivity index (χ0) is 20.7. The van der Waals surface area contributed by atoms with Gasteiger partial charge in [0.25, 0.3) is 5.56 Å². The molecule has 9 heteroatoms. The van der Waals surface area contributed by atoms with Crippen molar-refractivity contribution in [1.29, 1.82) is 0 Å². The molecule has 0 aliphatic carbocycles. The number of aromatic nitrogens is 3. The summed E-state index contributed by atoms with van der Waals surface area (Å²) < 4.78 is 12.0.